The second-order valence-electron chi connectivity index (χ2n) is 5.85. The van der Waals surface area contributed by atoms with Crippen LogP contribution in [-0.2, 0) is 11.2 Å². The summed E-state index contributed by atoms with van der Waals surface area (Å²) >= 11 is 0. The zero-order chi connectivity index (χ0) is 15.4. The lowest BCUT2D eigenvalue weighted by atomic mass is 9.98. The molecule has 2 rings (SSSR count). The fraction of sp³-hybridized carbons (Fsp3) is 0.421. The van der Waals surface area contributed by atoms with E-state index < -0.39 is 0 Å². The number of carbonyl (C=O) groups is 1. The summed E-state index contributed by atoms with van der Waals surface area (Å²) in [6, 6.07) is 8.39. The van der Waals surface area contributed by atoms with Gasteiger partial charge in [0.1, 0.15) is 0 Å². The van der Waals surface area contributed by atoms with E-state index in [9.17, 15) is 4.79 Å². The Kier molecular flexibility index (Phi) is 5.00. The Hall–Kier alpha value is -1.83. The summed E-state index contributed by atoms with van der Waals surface area (Å²) in [5.41, 5.74) is 4.27. The Bertz CT molecular complexity index is 571. The second-order valence-corrected chi connectivity index (χ2v) is 5.85. The molecule has 1 amide bonds. The highest BCUT2D eigenvalue weighted by Gasteiger charge is 2.28. The van der Waals surface area contributed by atoms with Crippen LogP contribution in [0, 0.1) is 5.92 Å². The van der Waals surface area contributed by atoms with Crippen LogP contribution >= 0.6 is 0 Å². The number of benzene rings is 1. The van der Waals surface area contributed by atoms with E-state index in [0.717, 1.165) is 24.1 Å². The highest BCUT2D eigenvalue weighted by Crippen LogP contribution is 2.29. The van der Waals surface area contributed by atoms with Crippen LogP contribution in [0.3, 0.4) is 0 Å². The number of anilines is 1. The monoisotopic (exact) mass is 283 g/mol. The Morgan fingerprint density at radius 1 is 1.38 bits per heavy atom. The minimum atomic E-state index is 0.0857. The molecule has 0 saturated carbocycles. The lowest BCUT2D eigenvalue weighted by Gasteiger charge is -2.18. The maximum Gasteiger partial charge on any atom is 0.258 e. The lowest BCUT2D eigenvalue weighted by Crippen LogP contribution is -2.26. The summed E-state index contributed by atoms with van der Waals surface area (Å²) in [6.45, 7) is 11.1. The second kappa shape index (κ2) is 6.75. The van der Waals surface area contributed by atoms with Crippen molar-refractivity contribution >= 4 is 11.6 Å². The quantitative estimate of drug-likeness (QED) is 0.752. The van der Waals surface area contributed by atoms with E-state index in [-0.39, 0.29) is 5.91 Å². The molecule has 1 aliphatic heterocycles. The first kappa shape index (κ1) is 15.6. The molecule has 0 aromatic heterocycles. The van der Waals surface area contributed by atoms with Gasteiger partial charge in [-0.3, -0.25) is 4.79 Å². The molecule has 2 nitrogen and oxygen atoms in total. The van der Waals surface area contributed by atoms with E-state index in [0.29, 0.717) is 12.5 Å². The summed E-state index contributed by atoms with van der Waals surface area (Å²) < 4.78 is 0. The highest BCUT2D eigenvalue weighted by atomic mass is 16.2. The summed E-state index contributed by atoms with van der Waals surface area (Å²) in [4.78, 5) is 14.4. The molecule has 0 N–H and O–H groups in total. The molecule has 1 aliphatic rings. The SMILES string of the molecule is C=CC1=C(CC)CN(c2cccc(C[C@@H](C)CC)c2)C1=O. The molecule has 0 bridgehead atoms. The van der Waals surface area contributed by atoms with Crippen molar-refractivity contribution in [1.82, 2.24) is 0 Å². The molecule has 21 heavy (non-hydrogen) atoms. The van der Waals surface area contributed by atoms with Crippen molar-refractivity contribution in [2.75, 3.05) is 11.4 Å². The molecule has 112 valence electrons. The Morgan fingerprint density at radius 2 is 2.14 bits per heavy atom. The summed E-state index contributed by atoms with van der Waals surface area (Å²) in [7, 11) is 0. The minimum absolute atomic E-state index is 0.0857. The molecule has 0 aliphatic carbocycles. The third-order valence-electron chi connectivity index (χ3n) is 4.34. The average molecular weight is 283 g/mol. The zero-order valence-corrected chi connectivity index (χ0v) is 13.4. The van der Waals surface area contributed by atoms with Crippen molar-refractivity contribution in [3.05, 3.63) is 53.6 Å². The van der Waals surface area contributed by atoms with Gasteiger partial charge in [-0.05, 0) is 42.0 Å². The number of carbonyl (C=O) groups excluding carboxylic acids is 1. The normalized spacial score (nSPS) is 16.5. The van der Waals surface area contributed by atoms with Crippen molar-refractivity contribution < 1.29 is 4.79 Å². The van der Waals surface area contributed by atoms with Gasteiger partial charge in [-0.25, -0.2) is 0 Å². The molecule has 1 aromatic rings. The van der Waals surface area contributed by atoms with Crippen LogP contribution in [0.2, 0.25) is 0 Å². The lowest BCUT2D eigenvalue weighted by molar-refractivity contribution is -0.114. The summed E-state index contributed by atoms with van der Waals surface area (Å²) in [5.74, 6) is 0.755. The molecule has 1 aromatic carbocycles. The topological polar surface area (TPSA) is 20.3 Å². The first-order valence-electron chi connectivity index (χ1n) is 7.85. The largest absolute Gasteiger partial charge is 0.304 e. The van der Waals surface area contributed by atoms with Crippen LogP contribution in [0.25, 0.3) is 0 Å². The van der Waals surface area contributed by atoms with Crippen LogP contribution in [-0.4, -0.2) is 12.5 Å². The molecule has 1 atom stereocenters. The van der Waals surface area contributed by atoms with E-state index in [1.54, 1.807) is 6.08 Å². The molecule has 2 heteroatoms. The molecular weight excluding hydrogens is 258 g/mol. The third-order valence-corrected chi connectivity index (χ3v) is 4.34. The van der Waals surface area contributed by atoms with Gasteiger partial charge in [0, 0.05) is 17.8 Å². The van der Waals surface area contributed by atoms with Gasteiger partial charge < -0.3 is 4.90 Å². The standard InChI is InChI=1S/C19H25NO/c1-5-14(4)11-15-9-8-10-17(12-15)20-13-16(6-2)18(7-3)19(20)21/h7-10,12,14H,3,5-6,11,13H2,1-2,4H3/t14-/m0/s1. The molecular formula is C19H25NO. The average Bonchev–Trinajstić information content (AvgIpc) is 2.83. The minimum Gasteiger partial charge on any atom is -0.304 e. The molecule has 0 saturated heterocycles. The number of rotatable bonds is 6. The first-order chi connectivity index (χ1) is 10.1. The van der Waals surface area contributed by atoms with E-state index in [2.05, 4.69) is 45.5 Å². The molecule has 0 spiro atoms. The van der Waals surface area contributed by atoms with Crippen molar-refractivity contribution in [3.8, 4) is 0 Å². The predicted octanol–water partition coefficient (Wildman–Crippen LogP) is 4.51. The van der Waals surface area contributed by atoms with Gasteiger partial charge in [-0.15, -0.1) is 0 Å². The smallest absolute Gasteiger partial charge is 0.258 e. The summed E-state index contributed by atoms with van der Waals surface area (Å²) in [6.07, 6.45) is 4.84. The van der Waals surface area contributed by atoms with Crippen molar-refractivity contribution in [2.45, 2.75) is 40.0 Å². The van der Waals surface area contributed by atoms with Gasteiger partial charge in [-0.1, -0.05) is 52.0 Å². The van der Waals surface area contributed by atoms with Gasteiger partial charge in [0.2, 0.25) is 0 Å². The van der Waals surface area contributed by atoms with Crippen LogP contribution in [0.4, 0.5) is 5.69 Å². The van der Waals surface area contributed by atoms with Crippen molar-refractivity contribution in [1.29, 1.82) is 0 Å². The molecule has 0 unspecified atom stereocenters. The maximum atomic E-state index is 12.5. The van der Waals surface area contributed by atoms with E-state index in [1.165, 1.54) is 17.6 Å². The van der Waals surface area contributed by atoms with Crippen LogP contribution < -0.4 is 4.90 Å². The number of amides is 1. The zero-order valence-electron chi connectivity index (χ0n) is 13.4. The van der Waals surface area contributed by atoms with Gasteiger partial charge in [-0.2, -0.15) is 0 Å². The number of hydrogen-bond donors (Lipinski definition) is 0. The fourth-order valence-electron chi connectivity index (χ4n) is 2.78. The Morgan fingerprint density at radius 3 is 2.71 bits per heavy atom. The Balaban J connectivity index is 2.22. The van der Waals surface area contributed by atoms with Gasteiger partial charge in [0.15, 0.2) is 0 Å². The third kappa shape index (κ3) is 3.26. The van der Waals surface area contributed by atoms with E-state index in [1.807, 2.05) is 11.0 Å². The van der Waals surface area contributed by atoms with Crippen LogP contribution in [0.5, 0.6) is 0 Å². The number of hydrogen-bond acceptors (Lipinski definition) is 1. The van der Waals surface area contributed by atoms with E-state index >= 15 is 0 Å². The number of nitrogens with zero attached hydrogens (tertiary/aromatic N) is 1. The molecule has 0 fully saturated rings. The van der Waals surface area contributed by atoms with Gasteiger partial charge in [0.05, 0.1) is 0 Å². The maximum absolute atomic E-state index is 12.5. The van der Waals surface area contributed by atoms with Gasteiger partial charge >= 0.3 is 0 Å². The molecule has 1 heterocycles. The van der Waals surface area contributed by atoms with Crippen molar-refractivity contribution in [3.63, 3.8) is 0 Å². The van der Waals surface area contributed by atoms with Crippen LogP contribution in [0.1, 0.15) is 39.2 Å². The van der Waals surface area contributed by atoms with Crippen molar-refractivity contribution in [2.24, 2.45) is 5.92 Å². The Labute approximate surface area is 128 Å². The van der Waals surface area contributed by atoms with Gasteiger partial charge in [0.25, 0.3) is 5.91 Å². The highest BCUT2D eigenvalue weighted by molar-refractivity contribution is 6.11. The van der Waals surface area contributed by atoms with Crippen LogP contribution in [0.15, 0.2) is 48.1 Å². The van der Waals surface area contributed by atoms with E-state index in [4.69, 9.17) is 0 Å². The fourth-order valence-corrected chi connectivity index (χ4v) is 2.78. The molecule has 0 radical (unpaired) electrons. The first-order valence-corrected chi connectivity index (χ1v) is 7.85. The summed E-state index contributed by atoms with van der Waals surface area (Å²) in [5, 5.41) is 0. The predicted molar refractivity (Wildman–Crippen MR) is 89.5 cm³/mol.